The van der Waals surface area contributed by atoms with Gasteiger partial charge in [0.05, 0.1) is 29.8 Å². The third-order valence-electron chi connectivity index (χ3n) is 4.88. The first-order chi connectivity index (χ1) is 14.4. The molecule has 0 aliphatic carbocycles. The number of carbonyl (C=O) groups excluding carboxylic acids is 2. The summed E-state index contributed by atoms with van der Waals surface area (Å²) in [6.07, 6.45) is 1.36. The number of amides is 2. The van der Waals surface area contributed by atoms with Crippen molar-refractivity contribution in [3.63, 3.8) is 0 Å². The molecular weight excluding hydrogens is 428 g/mol. The second-order valence-electron chi connectivity index (χ2n) is 6.87. The number of halogens is 1. The standard InChI is InChI=1S/C20H19ClN4O4S/c1-12-16-19(30-17(12)18(27)23-14-4-2-3-13(21)9-14)22-11-25(20(16)28)10-15(26)24-5-7-29-8-6-24/h2-4,9,11H,5-8,10H2,1H3,(H,23,27). The van der Waals surface area contributed by atoms with E-state index in [1.165, 1.54) is 10.9 Å². The monoisotopic (exact) mass is 446 g/mol. The van der Waals surface area contributed by atoms with Gasteiger partial charge in [0.15, 0.2) is 0 Å². The number of carbonyl (C=O) groups is 2. The Hall–Kier alpha value is -2.75. The third kappa shape index (κ3) is 4.09. The number of ether oxygens (including phenoxy) is 1. The highest BCUT2D eigenvalue weighted by atomic mass is 35.5. The van der Waals surface area contributed by atoms with Crippen LogP contribution in [-0.2, 0) is 16.1 Å². The summed E-state index contributed by atoms with van der Waals surface area (Å²) in [5, 5.41) is 3.65. The molecule has 1 fully saturated rings. The van der Waals surface area contributed by atoms with Crippen molar-refractivity contribution in [3.05, 3.63) is 56.4 Å². The molecular formula is C20H19ClN4O4S. The zero-order valence-corrected chi connectivity index (χ0v) is 17.8. The molecule has 0 saturated carbocycles. The lowest BCUT2D eigenvalue weighted by Gasteiger charge is -2.26. The van der Waals surface area contributed by atoms with Crippen molar-refractivity contribution in [2.75, 3.05) is 31.6 Å². The van der Waals surface area contributed by atoms with Gasteiger partial charge in [0, 0.05) is 23.8 Å². The minimum absolute atomic E-state index is 0.0961. The van der Waals surface area contributed by atoms with Gasteiger partial charge in [0.1, 0.15) is 11.4 Å². The van der Waals surface area contributed by atoms with Gasteiger partial charge in [-0.1, -0.05) is 17.7 Å². The number of hydrogen-bond donors (Lipinski definition) is 1. The van der Waals surface area contributed by atoms with Gasteiger partial charge in [-0.05, 0) is 30.7 Å². The van der Waals surface area contributed by atoms with Crippen LogP contribution < -0.4 is 10.9 Å². The molecule has 10 heteroatoms. The molecule has 4 rings (SSSR count). The Balaban J connectivity index is 1.60. The number of fused-ring (bicyclic) bond motifs is 1. The Morgan fingerprint density at radius 1 is 1.30 bits per heavy atom. The fraction of sp³-hybridized carbons (Fsp3) is 0.300. The van der Waals surface area contributed by atoms with E-state index in [-0.39, 0.29) is 23.9 Å². The number of hydrogen-bond acceptors (Lipinski definition) is 6. The maximum Gasteiger partial charge on any atom is 0.266 e. The van der Waals surface area contributed by atoms with E-state index in [9.17, 15) is 14.4 Å². The highest BCUT2D eigenvalue weighted by Gasteiger charge is 2.22. The van der Waals surface area contributed by atoms with Crippen molar-refractivity contribution in [2.24, 2.45) is 0 Å². The summed E-state index contributed by atoms with van der Waals surface area (Å²) in [4.78, 5) is 45.1. The average molecular weight is 447 g/mol. The minimum atomic E-state index is -0.340. The van der Waals surface area contributed by atoms with Crippen LogP contribution in [0.2, 0.25) is 5.02 Å². The lowest BCUT2D eigenvalue weighted by atomic mass is 10.2. The lowest BCUT2D eigenvalue weighted by Crippen LogP contribution is -2.43. The molecule has 1 aliphatic heterocycles. The van der Waals surface area contributed by atoms with E-state index >= 15 is 0 Å². The number of aromatic nitrogens is 2. The third-order valence-corrected chi connectivity index (χ3v) is 6.31. The van der Waals surface area contributed by atoms with Gasteiger partial charge < -0.3 is 15.0 Å². The minimum Gasteiger partial charge on any atom is -0.378 e. The second-order valence-corrected chi connectivity index (χ2v) is 8.31. The summed E-state index contributed by atoms with van der Waals surface area (Å²) in [6, 6.07) is 6.83. The molecule has 0 atom stereocenters. The quantitative estimate of drug-likeness (QED) is 0.664. The van der Waals surface area contributed by atoms with Crippen LogP contribution in [0.3, 0.4) is 0 Å². The number of thiophene rings is 1. The molecule has 3 heterocycles. The molecule has 0 radical (unpaired) electrons. The molecule has 8 nitrogen and oxygen atoms in total. The number of benzene rings is 1. The van der Waals surface area contributed by atoms with Crippen LogP contribution in [0, 0.1) is 6.92 Å². The summed E-state index contributed by atoms with van der Waals surface area (Å²) in [7, 11) is 0. The van der Waals surface area contributed by atoms with Gasteiger partial charge in [-0.25, -0.2) is 4.98 Å². The zero-order chi connectivity index (χ0) is 21.3. The van der Waals surface area contributed by atoms with Crippen LogP contribution >= 0.6 is 22.9 Å². The molecule has 3 aromatic rings. The Bertz CT molecular complexity index is 1180. The van der Waals surface area contributed by atoms with Crippen molar-refractivity contribution in [1.29, 1.82) is 0 Å². The first-order valence-electron chi connectivity index (χ1n) is 9.35. The normalized spacial score (nSPS) is 14.1. The molecule has 0 unspecified atom stereocenters. The first-order valence-corrected chi connectivity index (χ1v) is 10.5. The number of anilines is 1. The number of rotatable bonds is 4. The molecule has 1 N–H and O–H groups in total. The molecule has 2 amide bonds. The average Bonchev–Trinajstić information content (AvgIpc) is 3.08. The number of nitrogens with zero attached hydrogens (tertiary/aromatic N) is 3. The Morgan fingerprint density at radius 3 is 2.80 bits per heavy atom. The Morgan fingerprint density at radius 2 is 2.07 bits per heavy atom. The first kappa shape index (κ1) is 20.5. The van der Waals surface area contributed by atoms with Crippen LogP contribution in [0.1, 0.15) is 15.2 Å². The zero-order valence-electron chi connectivity index (χ0n) is 16.2. The van der Waals surface area contributed by atoms with E-state index in [0.717, 1.165) is 11.3 Å². The summed E-state index contributed by atoms with van der Waals surface area (Å²) in [5.41, 5.74) is 0.767. The van der Waals surface area contributed by atoms with Crippen LogP contribution in [-0.4, -0.2) is 52.6 Å². The maximum atomic E-state index is 13.0. The number of aryl methyl sites for hydroxylation is 1. The van der Waals surface area contributed by atoms with E-state index in [2.05, 4.69) is 10.3 Å². The van der Waals surface area contributed by atoms with Crippen LogP contribution in [0.15, 0.2) is 35.4 Å². The molecule has 30 heavy (non-hydrogen) atoms. The Kier molecular flexibility index (Phi) is 5.85. The predicted octanol–water partition coefficient (Wildman–Crippen LogP) is 2.53. The maximum absolute atomic E-state index is 13.0. The van der Waals surface area contributed by atoms with Gasteiger partial charge in [-0.3, -0.25) is 19.0 Å². The highest BCUT2D eigenvalue weighted by Crippen LogP contribution is 2.28. The predicted molar refractivity (Wildman–Crippen MR) is 115 cm³/mol. The van der Waals surface area contributed by atoms with Gasteiger partial charge in [-0.15, -0.1) is 11.3 Å². The fourth-order valence-corrected chi connectivity index (χ4v) is 4.53. The summed E-state index contributed by atoms with van der Waals surface area (Å²) in [5.74, 6) is -0.499. The molecule has 1 aromatic carbocycles. The SMILES string of the molecule is Cc1c(C(=O)Nc2cccc(Cl)c2)sc2ncn(CC(=O)N3CCOCC3)c(=O)c12. The van der Waals surface area contributed by atoms with Gasteiger partial charge in [-0.2, -0.15) is 0 Å². The number of nitrogens with one attached hydrogen (secondary N) is 1. The van der Waals surface area contributed by atoms with E-state index < -0.39 is 0 Å². The summed E-state index contributed by atoms with van der Waals surface area (Å²) < 4.78 is 6.54. The lowest BCUT2D eigenvalue weighted by molar-refractivity contribution is -0.135. The largest absolute Gasteiger partial charge is 0.378 e. The van der Waals surface area contributed by atoms with Crippen molar-refractivity contribution in [1.82, 2.24) is 14.5 Å². The van der Waals surface area contributed by atoms with E-state index in [1.807, 2.05) is 0 Å². The van der Waals surface area contributed by atoms with Gasteiger partial charge >= 0.3 is 0 Å². The summed E-state index contributed by atoms with van der Waals surface area (Å²) >= 11 is 7.11. The van der Waals surface area contributed by atoms with Crippen LogP contribution in [0.25, 0.3) is 10.2 Å². The van der Waals surface area contributed by atoms with Gasteiger partial charge in [0.2, 0.25) is 5.91 Å². The van der Waals surface area contributed by atoms with Crippen LogP contribution in [0.4, 0.5) is 5.69 Å². The highest BCUT2D eigenvalue weighted by molar-refractivity contribution is 7.20. The Labute approximate surface area is 181 Å². The number of morpholine rings is 1. The van der Waals surface area contributed by atoms with Crippen LogP contribution in [0.5, 0.6) is 0 Å². The molecule has 1 saturated heterocycles. The van der Waals surface area contributed by atoms with Crippen molar-refractivity contribution in [2.45, 2.75) is 13.5 Å². The fourth-order valence-electron chi connectivity index (χ4n) is 3.30. The topological polar surface area (TPSA) is 93.5 Å². The summed E-state index contributed by atoms with van der Waals surface area (Å²) in [6.45, 7) is 3.62. The van der Waals surface area contributed by atoms with Crippen molar-refractivity contribution in [3.8, 4) is 0 Å². The molecule has 2 aromatic heterocycles. The van der Waals surface area contributed by atoms with E-state index in [0.29, 0.717) is 57.7 Å². The van der Waals surface area contributed by atoms with E-state index in [4.69, 9.17) is 16.3 Å². The van der Waals surface area contributed by atoms with E-state index in [1.54, 1.807) is 36.1 Å². The van der Waals surface area contributed by atoms with Crippen molar-refractivity contribution < 1.29 is 14.3 Å². The molecule has 156 valence electrons. The smallest absolute Gasteiger partial charge is 0.266 e. The second kappa shape index (κ2) is 8.55. The van der Waals surface area contributed by atoms with Gasteiger partial charge in [0.25, 0.3) is 11.5 Å². The molecule has 0 bridgehead atoms. The van der Waals surface area contributed by atoms with Crippen molar-refractivity contribution >= 4 is 50.7 Å². The molecule has 1 aliphatic rings. The molecule has 0 spiro atoms.